The zero-order valence-corrected chi connectivity index (χ0v) is 15.3. The van der Waals surface area contributed by atoms with Crippen LogP contribution in [-0.2, 0) is 19.6 Å². The van der Waals surface area contributed by atoms with E-state index in [9.17, 15) is 18.0 Å². The van der Waals surface area contributed by atoms with Gasteiger partial charge >= 0.3 is 0 Å². The first-order valence-corrected chi connectivity index (χ1v) is 9.53. The van der Waals surface area contributed by atoms with Crippen LogP contribution < -0.4 is 11.1 Å². The third kappa shape index (κ3) is 4.56. The second kappa shape index (κ2) is 7.94. The first-order valence-electron chi connectivity index (χ1n) is 8.09. The van der Waals surface area contributed by atoms with Gasteiger partial charge in [0.05, 0.1) is 11.4 Å². The topological polar surface area (TPSA) is 113 Å². The first-order chi connectivity index (χ1) is 11.8. The second-order valence-electron chi connectivity index (χ2n) is 6.09. The van der Waals surface area contributed by atoms with Crippen LogP contribution >= 0.6 is 0 Å². The summed E-state index contributed by atoms with van der Waals surface area (Å²) in [5.41, 5.74) is 6.17. The Morgan fingerprint density at radius 2 is 1.96 bits per heavy atom. The highest BCUT2D eigenvalue weighted by molar-refractivity contribution is 7.89. The number of nitrogens with one attached hydrogen (secondary N) is 1. The van der Waals surface area contributed by atoms with Gasteiger partial charge in [-0.15, -0.1) is 0 Å². The number of carbonyl (C=O) groups is 2. The average Bonchev–Trinajstić information content (AvgIpc) is 3.03. The number of hydrogen-bond acceptors (Lipinski definition) is 5. The summed E-state index contributed by atoms with van der Waals surface area (Å²) < 4.78 is 26.3. The number of anilines is 1. The standard InChI is InChI=1S/C16H24N4O4S/c1-12(21)18-13-5-7-15(8-6-13)25(23,24)19(2)11-16(22)20-9-3-4-14(20)10-17/h5-8,14H,3-4,9-11,17H2,1-2H3,(H,18,21). The van der Waals surface area contributed by atoms with Gasteiger partial charge in [0, 0.05) is 38.8 Å². The number of hydrogen-bond donors (Lipinski definition) is 2. The predicted octanol–water partition coefficient (Wildman–Crippen LogP) is 0.215. The van der Waals surface area contributed by atoms with Crippen LogP contribution in [0.25, 0.3) is 0 Å². The number of benzene rings is 1. The lowest BCUT2D eigenvalue weighted by Crippen LogP contribution is -2.45. The van der Waals surface area contributed by atoms with Crippen molar-refractivity contribution in [3.05, 3.63) is 24.3 Å². The fourth-order valence-corrected chi connectivity index (χ4v) is 3.99. The molecule has 1 fully saturated rings. The van der Waals surface area contributed by atoms with Gasteiger partial charge in [-0.2, -0.15) is 4.31 Å². The summed E-state index contributed by atoms with van der Waals surface area (Å²) in [6.45, 7) is 2.14. The van der Waals surface area contributed by atoms with Gasteiger partial charge in [-0.3, -0.25) is 9.59 Å². The number of sulfonamides is 1. The predicted molar refractivity (Wildman–Crippen MR) is 94.4 cm³/mol. The Morgan fingerprint density at radius 1 is 1.32 bits per heavy atom. The monoisotopic (exact) mass is 368 g/mol. The molecule has 1 aromatic carbocycles. The molecule has 0 bridgehead atoms. The highest BCUT2D eigenvalue weighted by Gasteiger charge is 2.30. The van der Waals surface area contributed by atoms with Crippen LogP contribution in [0.2, 0.25) is 0 Å². The second-order valence-corrected chi connectivity index (χ2v) is 8.13. The lowest BCUT2D eigenvalue weighted by atomic mass is 10.2. The fraction of sp³-hybridized carbons (Fsp3) is 0.500. The number of likely N-dealkylation sites (N-methyl/N-ethyl adjacent to an activating group) is 1. The van der Waals surface area contributed by atoms with Crippen molar-refractivity contribution in [2.45, 2.75) is 30.7 Å². The molecule has 0 aliphatic carbocycles. The van der Waals surface area contributed by atoms with Crippen LogP contribution in [0.1, 0.15) is 19.8 Å². The van der Waals surface area contributed by atoms with Crippen molar-refractivity contribution in [3.63, 3.8) is 0 Å². The summed E-state index contributed by atoms with van der Waals surface area (Å²) in [4.78, 5) is 25.1. The molecular formula is C16H24N4O4S. The van der Waals surface area contributed by atoms with Crippen molar-refractivity contribution >= 4 is 27.5 Å². The molecule has 1 heterocycles. The summed E-state index contributed by atoms with van der Waals surface area (Å²) in [5, 5.41) is 2.57. The van der Waals surface area contributed by atoms with E-state index < -0.39 is 10.0 Å². The van der Waals surface area contributed by atoms with Crippen molar-refractivity contribution < 1.29 is 18.0 Å². The van der Waals surface area contributed by atoms with Crippen LogP contribution in [-0.4, -0.2) is 62.2 Å². The molecule has 0 spiro atoms. The molecule has 0 radical (unpaired) electrons. The van der Waals surface area contributed by atoms with Gasteiger partial charge < -0.3 is 16.0 Å². The summed E-state index contributed by atoms with van der Waals surface area (Å²) >= 11 is 0. The molecule has 138 valence electrons. The lowest BCUT2D eigenvalue weighted by Gasteiger charge is -2.26. The average molecular weight is 368 g/mol. The number of amides is 2. The summed E-state index contributed by atoms with van der Waals surface area (Å²) in [5.74, 6) is -0.479. The third-order valence-electron chi connectivity index (χ3n) is 4.21. The minimum absolute atomic E-state index is 0.0134. The molecule has 1 atom stereocenters. The minimum Gasteiger partial charge on any atom is -0.337 e. The zero-order chi connectivity index (χ0) is 18.6. The molecule has 1 aromatic rings. The maximum atomic E-state index is 12.6. The molecule has 1 saturated heterocycles. The maximum absolute atomic E-state index is 12.6. The highest BCUT2D eigenvalue weighted by Crippen LogP contribution is 2.20. The maximum Gasteiger partial charge on any atom is 0.243 e. The van der Waals surface area contributed by atoms with Gasteiger partial charge in [-0.05, 0) is 37.1 Å². The Kier molecular flexibility index (Phi) is 6.15. The van der Waals surface area contributed by atoms with E-state index >= 15 is 0 Å². The molecule has 3 N–H and O–H groups in total. The number of likely N-dealkylation sites (tertiary alicyclic amines) is 1. The van der Waals surface area contributed by atoms with Gasteiger partial charge in [0.2, 0.25) is 21.8 Å². The van der Waals surface area contributed by atoms with Crippen molar-refractivity contribution in [1.29, 1.82) is 0 Å². The third-order valence-corrected chi connectivity index (χ3v) is 6.03. The molecule has 8 nitrogen and oxygen atoms in total. The van der Waals surface area contributed by atoms with E-state index in [-0.39, 0.29) is 29.3 Å². The molecule has 1 aliphatic rings. The van der Waals surface area contributed by atoms with E-state index in [0.29, 0.717) is 18.8 Å². The molecule has 0 aromatic heterocycles. The molecule has 2 rings (SSSR count). The van der Waals surface area contributed by atoms with Crippen LogP contribution in [0.5, 0.6) is 0 Å². The Labute approximate surface area is 148 Å². The van der Waals surface area contributed by atoms with Crippen LogP contribution in [0, 0.1) is 0 Å². The largest absolute Gasteiger partial charge is 0.337 e. The van der Waals surface area contributed by atoms with E-state index in [2.05, 4.69) is 5.32 Å². The number of carbonyl (C=O) groups excluding carboxylic acids is 2. The number of nitrogens with zero attached hydrogens (tertiary/aromatic N) is 2. The molecule has 1 unspecified atom stereocenters. The van der Waals surface area contributed by atoms with Crippen molar-refractivity contribution in [3.8, 4) is 0 Å². The van der Waals surface area contributed by atoms with Gasteiger partial charge in [0.1, 0.15) is 0 Å². The van der Waals surface area contributed by atoms with E-state index in [0.717, 1.165) is 17.1 Å². The molecular weight excluding hydrogens is 344 g/mol. The SMILES string of the molecule is CC(=O)Nc1ccc(S(=O)(=O)N(C)CC(=O)N2CCCC2CN)cc1. The summed E-state index contributed by atoms with van der Waals surface area (Å²) in [7, 11) is -2.41. The molecule has 25 heavy (non-hydrogen) atoms. The fourth-order valence-electron chi connectivity index (χ4n) is 2.87. The Morgan fingerprint density at radius 3 is 2.52 bits per heavy atom. The smallest absolute Gasteiger partial charge is 0.243 e. The van der Waals surface area contributed by atoms with E-state index in [4.69, 9.17) is 5.73 Å². The van der Waals surface area contributed by atoms with Gasteiger partial charge in [0.25, 0.3) is 0 Å². The molecule has 0 saturated carbocycles. The lowest BCUT2D eigenvalue weighted by molar-refractivity contribution is -0.131. The quantitative estimate of drug-likeness (QED) is 0.745. The normalized spacial score (nSPS) is 17.8. The molecule has 2 amide bonds. The van der Waals surface area contributed by atoms with Gasteiger partial charge in [0.15, 0.2) is 0 Å². The number of rotatable bonds is 6. The Balaban J connectivity index is 2.07. The van der Waals surface area contributed by atoms with E-state index in [1.54, 1.807) is 4.90 Å². The van der Waals surface area contributed by atoms with Crippen LogP contribution in [0.15, 0.2) is 29.2 Å². The van der Waals surface area contributed by atoms with Crippen molar-refractivity contribution in [2.75, 3.05) is 32.0 Å². The highest BCUT2D eigenvalue weighted by atomic mass is 32.2. The first kappa shape index (κ1) is 19.4. The zero-order valence-electron chi connectivity index (χ0n) is 14.4. The Bertz CT molecular complexity index is 733. The van der Waals surface area contributed by atoms with E-state index in [1.165, 1.54) is 38.2 Å². The van der Waals surface area contributed by atoms with Crippen LogP contribution in [0.4, 0.5) is 5.69 Å². The van der Waals surface area contributed by atoms with Gasteiger partial charge in [-0.25, -0.2) is 8.42 Å². The molecule has 9 heteroatoms. The van der Waals surface area contributed by atoms with Crippen molar-refractivity contribution in [1.82, 2.24) is 9.21 Å². The van der Waals surface area contributed by atoms with E-state index in [1.807, 2.05) is 0 Å². The molecule has 1 aliphatic heterocycles. The number of nitrogens with two attached hydrogens (primary N) is 1. The Hall–Kier alpha value is -1.97. The summed E-state index contributed by atoms with van der Waals surface area (Å²) in [6.07, 6.45) is 1.73. The minimum atomic E-state index is -3.79. The van der Waals surface area contributed by atoms with Gasteiger partial charge in [-0.1, -0.05) is 0 Å². The van der Waals surface area contributed by atoms with Crippen molar-refractivity contribution in [2.24, 2.45) is 5.73 Å². The summed E-state index contributed by atoms with van der Waals surface area (Å²) in [6, 6.07) is 5.81. The van der Waals surface area contributed by atoms with Crippen LogP contribution in [0.3, 0.4) is 0 Å².